The van der Waals surface area contributed by atoms with Gasteiger partial charge in [0.15, 0.2) is 5.11 Å². The summed E-state index contributed by atoms with van der Waals surface area (Å²) in [4.78, 5) is 0. The number of nitrogens with one attached hydrogen (secondary N) is 2. The van der Waals surface area contributed by atoms with Gasteiger partial charge in [-0.3, -0.25) is 10.4 Å². The van der Waals surface area contributed by atoms with Gasteiger partial charge in [-0.25, -0.2) is 0 Å². The molecule has 0 aliphatic carbocycles. The lowest BCUT2D eigenvalue weighted by atomic mass is 10.1. The van der Waals surface area contributed by atoms with E-state index in [0.29, 0.717) is 21.7 Å². The van der Waals surface area contributed by atoms with Crippen LogP contribution >= 0.6 is 35.4 Å². The summed E-state index contributed by atoms with van der Waals surface area (Å²) >= 11 is 17.5. The first-order valence-corrected chi connectivity index (χ1v) is 8.58. The summed E-state index contributed by atoms with van der Waals surface area (Å²) in [5, 5.41) is 6.80. The van der Waals surface area contributed by atoms with Gasteiger partial charge < -0.3 is 10.1 Å². The number of hydrazine groups is 1. The molecule has 1 aliphatic heterocycles. The largest absolute Gasteiger partial charge is 0.484 e. The van der Waals surface area contributed by atoms with Crippen molar-refractivity contribution in [2.24, 2.45) is 0 Å². The van der Waals surface area contributed by atoms with Crippen molar-refractivity contribution in [1.82, 2.24) is 5.43 Å². The monoisotopic (exact) mass is 381 g/mol. The minimum atomic E-state index is -0.362. The van der Waals surface area contributed by atoms with Gasteiger partial charge in [0.25, 0.3) is 0 Å². The first kappa shape index (κ1) is 17.1. The number of rotatable bonds is 2. The van der Waals surface area contributed by atoms with E-state index in [1.807, 2.05) is 61.3 Å². The van der Waals surface area contributed by atoms with Crippen molar-refractivity contribution in [3.8, 4) is 5.75 Å². The Morgan fingerprint density at radius 3 is 2.67 bits per heavy atom. The molecule has 0 radical (unpaired) electrons. The fourth-order valence-corrected chi connectivity index (χ4v) is 3.12. The molecule has 7 heteroatoms. The molecule has 2 aromatic carbocycles. The molecule has 0 spiro atoms. The zero-order valence-electron chi connectivity index (χ0n) is 13.3. The number of nitrogens with zero attached hydrogens (tertiary/aromatic N) is 1. The van der Waals surface area contributed by atoms with Crippen molar-refractivity contribution in [3.63, 3.8) is 0 Å². The predicted octanol–water partition coefficient (Wildman–Crippen LogP) is 4.87. The van der Waals surface area contributed by atoms with E-state index in [0.717, 1.165) is 17.1 Å². The van der Waals surface area contributed by atoms with Crippen molar-refractivity contribution in [3.05, 3.63) is 52.5 Å². The third-order valence-electron chi connectivity index (χ3n) is 3.46. The molecule has 0 atom stereocenters. The first-order chi connectivity index (χ1) is 11.3. The molecule has 3 rings (SSSR count). The van der Waals surface area contributed by atoms with Gasteiger partial charge in [0.1, 0.15) is 17.0 Å². The molecule has 0 saturated heterocycles. The summed E-state index contributed by atoms with van der Waals surface area (Å²) in [6, 6.07) is 12.9. The van der Waals surface area contributed by atoms with Gasteiger partial charge in [-0.2, -0.15) is 0 Å². The van der Waals surface area contributed by atoms with E-state index in [2.05, 4.69) is 10.7 Å². The Kier molecular flexibility index (Phi) is 4.76. The van der Waals surface area contributed by atoms with Crippen LogP contribution in [0.5, 0.6) is 5.75 Å². The molecule has 0 aromatic heterocycles. The molecule has 0 fully saturated rings. The van der Waals surface area contributed by atoms with Crippen molar-refractivity contribution in [2.75, 3.05) is 16.9 Å². The number of hydrogen-bond donors (Lipinski definition) is 2. The highest BCUT2D eigenvalue weighted by molar-refractivity contribution is 7.80. The topological polar surface area (TPSA) is 36.5 Å². The Morgan fingerprint density at radius 1 is 1.17 bits per heavy atom. The third-order valence-corrected chi connectivity index (χ3v) is 4.12. The van der Waals surface area contributed by atoms with Gasteiger partial charge in [0, 0.05) is 15.7 Å². The fourth-order valence-electron chi connectivity index (χ4n) is 2.53. The lowest BCUT2D eigenvalue weighted by Crippen LogP contribution is -2.55. The molecule has 0 amide bonds. The minimum Gasteiger partial charge on any atom is -0.484 e. The average Bonchev–Trinajstić information content (AvgIpc) is 2.47. The summed E-state index contributed by atoms with van der Waals surface area (Å²) in [5.74, 6) is 0.758. The van der Waals surface area contributed by atoms with Crippen LogP contribution in [0.15, 0.2) is 42.5 Å². The highest BCUT2D eigenvalue weighted by Gasteiger charge is 2.32. The molecule has 126 valence electrons. The summed E-state index contributed by atoms with van der Waals surface area (Å²) in [7, 11) is 0. The summed E-state index contributed by atoms with van der Waals surface area (Å²) in [6.07, 6.45) is 0. The van der Waals surface area contributed by atoms with Crippen LogP contribution in [-0.4, -0.2) is 17.3 Å². The van der Waals surface area contributed by atoms with E-state index in [9.17, 15) is 0 Å². The first-order valence-electron chi connectivity index (χ1n) is 7.42. The maximum Gasteiger partial charge on any atom is 0.189 e. The molecular weight excluding hydrogens is 365 g/mol. The van der Waals surface area contributed by atoms with E-state index < -0.39 is 0 Å². The van der Waals surface area contributed by atoms with Crippen molar-refractivity contribution in [2.45, 2.75) is 19.4 Å². The van der Waals surface area contributed by atoms with Gasteiger partial charge in [-0.05, 0) is 62.5 Å². The number of hydrogen-bond acceptors (Lipinski definition) is 3. The number of ether oxygens (including phenoxy) is 1. The molecule has 2 N–H and O–H groups in total. The summed E-state index contributed by atoms with van der Waals surface area (Å²) < 4.78 is 6.00. The number of benzene rings is 2. The lowest BCUT2D eigenvalue weighted by Gasteiger charge is -2.41. The molecular formula is C17H17Cl2N3OS. The molecule has 0 unspecified atom stereocenters. The third kappa shape index (κ3) is 4.04. The Hall–Kier alpha value is -1.69. The molecule has 1 heterocycles. The minimum absolute atomic E-state index is 0.362. The second-order valence-electron chi connectivity index (χ2n) is 6.14. The van der Waals surface area contributed by atoms with E-state index in [4.69, 9.17) is 40.2 Å². The highest BCUT2D eigenvalue weighted by Crippen LogP contribution is 2.37. The van der Waals surface area contributed by atoms with Gasteiger partial charge >= 0.3 is 0 Å². The van der Waals surface area contributed by atoms with Crippen LogP contribution in [0.1, 0.15) is 13.8 Å². The molecule has 4 nitrogen and oxygen atoms in total. The number of halogens is 2. The Labute approximate surface area is 156 Å². The van der Waals surface area contributed by atoms with Crippen LogP contribution in [0.2, 0.25) is 10.0 Å². The smallest absolute Gasteiger partial charge is 0.189 e. The number of thiocarbonyl (C=S) groups is 1. The lowest BCUT2D eigenvalue weighted by molar-refractivity contribution is 0.103. The standard InChI is InChI=1S/C17H17Cl2N3OS/c1-17(2)10-22(14-9-12(19)6-7-15(14)23-17)21-16(24)20-13-5-3-4-11(18)8-13/h3-9H,10H2,1-2H3,(H2,20,21,24). The fraction of sp³-hybridized carbons (Fsp3) is 0.235. The Balaban J connectivity index is 1.79. The van der Waals surface area contributed by atoms with Crippen LogP contribution in [0.4, 0.5) is 11.4 Å². The molecule has 0 bridgehead atoms. The number of fused-ring (bicyclic) bond motifs is 1. The molecule has 0 saturated carbocycles. The summed E-state index contributed by atoms with van der Waals surface area (Å²) in [5.41, 5.74) is 4.50. The van der Waals surface area contributed by atoms with Crippen molar-refractivity contribution < 1.29 is 4.74 Å². The molecule has 2 aromatic rings. The molecule has 1 aliphatic rings. The van der Waals surface area contributed by atoms with E-state index in [-0.39, 0.29) is 5.60 Å². The zero-order chi connectivity index (χ0) is 17.3. The number of anilines is 2. The summed E-state index contributed by atoms with van der Waals surface area (Å²) in [6.45, 7) is 4.65. The normalized spacial score (nSPS) is 15.2. The Morgan fingerprint density at radius 2 is 1.92 bits per heavy atom. The van der Waals surface area contributed by atoms with Crippen LogP contribution in [0.25, 0.3) is 0 Å². The SMILES string of the molecule is CC1(C)CN(NC(=S)Nc2cccc(Cl)c2)c2cc(Cl)ccc2O1. The van der Waals surface area contributed by atoms with Crippen LogP contribution in [0.3, 0.4) is 0 Å². The second kappa shape index (κ2) is 6.67. The average molecular weight is 382 g/mol. The predicted molar refractivity (Wildman–Crippen MR) is 104 cm³/mol. The Bertz CT molecular complexity index is 782. The quantitative estimate of drug-likeness (QED) is 0.725. The molecule has 24 heavy (non-hydrogen) atoms. The zero-order valence-corrected chi connectivity index (χ0v) is 15.6. The highest BCUT2D eigenvalue weighted by atomic mass is 35.5. The van der Waals surface area contributed by atoms with Crippen LogP contribution in [-0.2, 0) is 0 Å². The van der Waals surface area contributed by atoms with Gasteiger partial charge in [-0.1, -0.05) is 29.3 Å². The van der Waals surface area contributed by atoms with Crippen molar-refractivity contribution in [1.29, 1.82) is 0 Å². The second-order valence-corrected chi connectivity index (χ2v) is 7.42. The van der Waals surface area contributed by atoms with Crippen molar-refractivity contribution >= 4 is 51.9 Å². The maximum atomic E-state index is 6.12. The van der Waals surface area contributed by atoms with E-state index in [1.165, 1.54) is 0 Å². The van der Waals surface area contributed by atoms with Crippen LogP contribution < -0.4 is 20.5 Å². The van der Waals surface area contributed by atoms with Gasteiger partial charge in [-0.15, -0.1) is 0 Å². The van der Waals surface area contributed by atoms with E-state index >= 15 is 0 Å². The van der Waals surface area contributed by atoms with Gasteiger partial charge in [0.2, 0.25) is 0 Å². The van der Waals surface area contributed by atoms with Crippen LogP contribution in [0, 0.1) is 0 Å². The van der Waals surface area contributed by atoms with E-state index in [1.54, 1.807) is 0 Å². The van der Waals surface area contributed by atoms with Gasteiger partial charge in [0.05, 0.1) is 6.54 Å². The maximum absolute atomic E-state index is 6.12.